The van der Waals surface area contributed by atoms with Gasteiger partial charge in [0.2, 0.25) is 22.2 Å². The number of hydrogen-bond donors (Lipinski definition) is 1. The molecule has 1 aromatic carbocycles. The van der Waals surface area contributed by atoms with Crippen LogP contribution in [0.3, 0.4) is 0 Å². The van der Waals surface area contributed by atoms with Crippen molar-refractivity contribution in [3.63, 3.8) is 0 Å². The molecule has 0 aliphatic heterocycles. The van der Waals surface area contributed by atoms with E-state index in [-0.39, 0.29) is 5.75 Å². The Labute approximate surface area is 92.1 Å². The van der Waals surface area contributed by atoms with E-state index in [9.17, 15) is 8.42 Å². The second-order valence-electron chi connectivity index (χ2n) is 3.26. The van der Waals surface area contributed by atoms with Crippen molar-refractivity contribution in [2.24, 2.45) is 5.14 Å². The fourth-order valence-electron chi connectivity index (χ4n) is 1.28. The van der Waals surface area contributed by atoms with Gasteiger partial charge in [-0.05, 0) is 5.56 Å². The molecule has 0 spiro atoms. The van der Waals surface area contributed by atoms with E-state index in [1.165, 1.54) is 6.39 Å². The quantitative estimate of drug-likeness (QED) is 0.842. The lowest BCUT2D eigenvalue weighted by Gasteiger charge is -1.99. The zero-order chi connectivity index (χ0) is 11.6. The van der Waals surface area contributed by atoms with Crippen LogP contribution >= 0.6 is 0 Å². The Morgan fingerprint density at radius 2 is 1.94 bits per heavy atom. The Morgan fingerprint density at radius 3 is 2.44 bits per heavy atom. The van der Waals surface area contributed by atoms with Gasteiger partial charge in [0.25, 0.3) is 0 Å². The summed E-state index contributed by atoms with van der Waals surface area (Å²) < 4.78 is 26.3. The number of sulfonamides is 1. The van der Waals surface area contributed by atoms with Gasteiger partial charge in [-0.1, -0.05) is 29.4 Å². The first-order valence-electron chi connectivity index (χ1n) is 4.41. The van der Waals surface area contributed by atoms with Gasteiger partial charge in [-0.15, -0.1) is 0 Å². The van der Waals surface area contributed by atoms with E-state index in [0.29, 0.717) is 11.4 Å². The van der Waals surface area contributed by atoms with Crippen LogP contribution in [-0.4, -0.2) is 18.6 Å². The Hall–Kier alpha value is -1.73. The first-order valence-corrected chi connectivity index (χ1v) is 6.12. The summed E-state index contributed by atoms with van der Waals surface area (Å²) in [5, 5.41) is 8.59. The Balaban J connectivity index is 2.24. The molecule has 2 rings (SSSR count). The minimum Gasteiger partial charge on any atom is -0.342 e. The van der Waals surface area contributed by atoms with Crippen LogP contribution in [0, 0.1) is 0 Å². The molecule has 7 heteroatoms. The average Bonchev–Trinajstić information content (AvgIpc) is 2.69. The highest BCUT2D eigenvalue weighted by Gasteiger charge is 2.06. The standard InChI is InChI=1S/C9H9N3O3S/c10-16(13,14)5-7-1-3-8(4-2-7)9-11-6-15-12-9/h1-4,6H,5H2,(H2,10,13,14). The van der Waals surface area contributed by atoms with Gasteiger partial charge < -0.3 is 4.52 Å². The summed E-state index contributed by atoms with van der Waals surface area (Å²) in [6, 6.07) is 6.75. The molecular formula is C9H9N3O3S. The first-order chi connectivity index (χ1) is 7.54. The molecule has 0 fully saturated rings. The SMILES string of the molecule is NS(=O)(=O)Cc1ccc(-c2ncon2)cc1. The van der Waals surface area contributed by atoms with Gasteiger partial charge >= 0.3 is 0 Å². The minimum absolute atomic E-state index is 0.181. The molecule has 1 aromatic heterocycles. The van der Waals surface area contributed by atoms with Crippen LogP contribution in [0.2, 0.25) is 0 Å². The highest BCUT2D eigenvalue weighted by atomic mass is 32.2. The maximum absolute atomic E-state index is 10.9. The summed E-state index contributed by atoms with van der Waals surface area (Å²) in [5.74, 6) is 0.279. The number of benzene rings is 1. The number of nitrogens with two attached hydrogens (primary N) is 1. The van der Waals surface area contributed by atoms with E-state index < -0.39 is 10.0 Å². The third-order valence-corrected chi connectivity index (χ3v) is 2.68. The van der Waals surface area contributed by atoms with Crippen LogP contribution in [0.5, 0.6) is 0 Å². The molecule has 0 atom stereocenters. The zero-order valence-electron chi connectivity index (χ0n) is 8.20. The zero-order valence-corrected chi connectivity index (χ0v) is 9.02. The number of nitrogens with zero attached hydrogens (tertiary/aromatic N) is 2. The molecule has 2 aromatic rings. The fraction of sp³-hybridized carbons (Fsp3) is 0.111. The maximum atomic E-state index is 10.9. The lowest BCUT2D eigenvalue weighted by atomic mass is 10.1. The van der Waals surface area contributed by atoms with Crippen LogP contribution in [0.1, 0.15) is 5.56 Å². The van der Waals surface area contributed by atoms with Gasteiger partial charge in [-0.25, -0.2) is 13.6 Å². The van der Waals surface area contributed by atoms with Crippen LogP contribution in [0.15, 0.2) is 35.2 Å². The average molecular weight is 239 g/mol. The Morgan fingerprint density at radius 1 is 1.25 bits per heavy atom. The molecule has 0 saturated carbocycles. The summed E-state index contributed by atoms with van der Waals surface area (Å²) in [4.78, 5) is 3.87. The molecule has 0 amide bonds. The van der Waals surface area contributed by atoms with Crippen LogP contribution < -0.4 is 5.14 Å². The normalized spacial score (nSPS) is 11.6. The van der Waals surface area contributed by atoms with Crippen molar-refractivity contribution in [2.75, 3.05) is 0 Å². The van der Waals surface area contributed by atoms with Gasteiger partial charge in [0, 0.05) is 5.56 Å². The molecule has 6 nitrogen and oxygen atoms in total. The highest BCUT2D eigenvalue weighted by molar-refractivity contribution is 7.88. The lowest BCUT2D eigenvalue weighted by molar-refractivity contribution is 0.419. The van der Waals surface area contributed by atoms with E-state index >= 15 is 0 Å². The molecule has 84 valence electrons. The van der Waals surface area contributed by atoms with Crippen molar-refractivity contribution in [3.05, 3.63) is 36.2 Å². The third-order valence-electron chi connectivity index (χ3n) is 1.94. The van der Waals surface area contributed by atoms with E-state index in [2.05, 4.69) is 14.7 Å². The Bertz CT molecular complexity index is 561. The molecule has 0 bridgehead atoms. The smallest absolute Gasteiger partial charge is 0.214 e. The van der Waals surface area contributed by atoms with Crippen molar-refractivity contribution < 1.29 is 12.9 Å². The molecule has 0 aliphatic carbocycles. The van der Waals surface area contributed by atoms with Crippen LogP contribution in [-0.2, 0) is 15.8 Å². The summed E-state index contributed by atoms with van der Waals surface area (Å²) in [5.41, 5.74) is 1.38. The highest BCUT2D eigenvalue weighted by Crippen LogP contribution is 2.15. The summed E-state index contributed by atoms with van der Waals surface area (Å²) in [6.07, 6.45) is 1.23. The van der Waals surface area contributed by atoms with Gasteiger partial charge in [-0.3, -0.25) is 0 Å². The summed E-state index contributed by atoms with van der Waals surface area (Å²) >= 11 is 0. The summed E-state index contributed by atoms with van der Waals surface area (Å²) in [6.45, 7) is 0. The van der Waals surface area contributed by atoms with Crippen LogP contribution in [0.4, 0.5) is 0 Å². The molecule has 1 heterocycles. The summed E-state index contributed by atoms with van der Waals surface area (Å²) in [7, 11) is -3.49. The number of aromatic nitrogens is 2. The van der Waals surface area contributed by atoms with E-state index in [1.807, 2.05) is 0 Å². The predicted molar refractivity (Wildman–Crippen MR) is 56.5 cm³/mol. The van der Waals surface area contributed by atoms with Crippen molar-refractivity contribution in [1.82, 2.24) is 10.1 Å². The van der Waals surface area contributed by atoms with Crippen molar-refractivity contribution in [3.8, 4) is 11.4 Å². The third kappa shape index (κ3) is 2.65. The molecule has 16 heavy (non-hydrogen) atoms. The topological polar surface area (TPSA) is 99.1 Å². The largest absolute Gasteiger partial charge is 0.342 e. The van der Waals surface area contributed by atoms with Gasteiger partial charge in [0.05, 0.1) is 5.75 Å². The molecule has 0 radical (unpaired) electrons. The lowest BCUT2D eigenvalue weighted by Crippen LogP contribution is -2.14. The monoisotopic (exact) mass is 239 g/mol. The fourth-order valence-corrected chi connectivity index (χ4v) is 1.94. The molecule has 0 aliphatic rings. The van der Waals surface area contributed by atoms with E-state index in [1.54, 1.807) is 24.3 Å². The number of rotatable bonds is 3. The van der Waals surface area contributed by atoms with Crippen molar-refractivity contribution >= 4 is 10.0 Å². The maximum Gasteiger partial charge on any atom is 0.214 e. The van der Waals surface area contributed by atoms with Gasteiger partial charge in [0.15, 0.2) is 0 Å². The first kappa shape index (κ1) is 10.8. The molecule has 2 N–H and O–H groups in total. The van der Waals surface area contributed by atoms with Crippen molar-refractivity contribution in [2.45, 2.75) is 5.75 Å². The molecule has 0 saturated heterocycles. The number of hydrogen-bond acceptors (Lipinski definition) is 5. The molecular weight excluding hydrogens is 230 g/mol. The Kier molecular flexibility index (Phi) is 2.71. The number of primary sulfonamides is 1. The van der Waals surface area contributed by atoms with E-state index in [4.69, 9.17) is 5.14 Å². The van der Waals surface area contributed by atoms with Gasteiger partial charge in [-0.2, -0.15) is 4.98 Å². The predicted octanol–water partition coefficient (Wildman–Crippen LogP) is 0.525. The van der Waals surface area contributed by atoms with Crippen LogP contribution in [0.25, 0.3) is 11.4 Å². The second kappa shape index (κ2) is 4.03. The second-order valence-corrected chi connectivity index (χ2v) is 4.87. The molecule has 0 unspecified atom stereocenters. The van der Waals surface area contributed by atoms with E-state index in [0.717, 1.165) is 5.56 Å². The van der Waals surface area contributed by atoms with Gasteiger partial charge in [0.1, 0.15) is 0 Å². The minimum atomic E-state index is -3.49. The van der Waals surface area contributed by atoms with Crippen molar-refractivity contribution in [1.29, 1.82) is 0 Å².